The van der Waals surface area contributed by atoms with E-state index in [0.29, 0.717) is 12.0 Å². The number of nitrogens with one attached hydrogen (secondary N) is 2. The standard InChI is InChI=1S/C27H43N3O4/c1-11-13-30(25(32)22(20(7)12-2)29-26(33)34-27(8,9)10)23(24(31)28-17(3)4)21-15-18(5)14-19(6)16-21/h11,14-17,20,22-23H,1,12-13H2,2-10H3,(H,28,31)(H,29,33). The minimum Gasteiger partial charge on any atom is -0.444 e. The molecule has 0 aliphatic heterocycles. The number of nitrogens with zero attached hydrogens (tertiary/aromatic N) is 1. The Labute approximate surface area is 205 Å². The smallest absolute Gasteiger partial charge is 0.408 e. The summed E-state index contributed by atoms with van der Waals surface area (Å²) in [5, 5.41) is 5.70. The molecule has 0 radical (unpaired) electrons. The van der Waals surface area contributed by atoms with Crippen LogP contribution in [0.15, 0.2) is 30.9 Å². The van der Waals surface area contributed by atoms with Crippen molar-refractivity contribution in [2.75, 3.05) is 6.54 Å². The molecule has 0 aliphatic carbocycles. The van der Waals surface area contributed by atoms with E-state index in [0.717, 1.165) is 11.1 Å². The number of hydrogen-bond acceptors (Lipinski definition) is 4. The van der Waals surface area contributed by atoms with Crippen molar-refractivity contribution in [1.29, 1.82) is 0 Å². The number of benzene rings is 1. The van der Waals surface area contributed by atoms with Crippen molar-refractivity contribution in [3.8, 4) is 0 Å². The first-order valence-electron chi connectivity index (χ1n) is 12.0. The fourth-order valence-electron chi connectivity index (χ4n) is 3.76. The summed E-state index contributed by atoms with van der Waals surface area (Å²) in [6.45, 7) is 20.8. The third kappa shape index (κ3) is 8.84. The number of hydrogen-bond donors (Lipinski definition) is 2. The van der Waals surface area contributed by atoms with Crippen LogP contribution in [-0.2, 0) is 14.3 Å². The molecule has 0 spiro atoms. The number of ether oxygens (including phenoxy) is 1. The van der Waals surface area contributed by atoms with Gasteiger partial charge in [-0.15, -0.1) is 6.58 Å². The van der Waals surface area contributed by atoms with Crippen LogP contribution in [0, 0.1) is 19.8 Å². The van der Waals surface area contributed by atoms with Gasteiger partial charge in [0, 0.05) is 12.6 Å². The minimum atomic E-state index is -0.876. The molecule has 1 rings (SSSR count). The van der Waals surface area contributed by atoms with Gasteiger partial charge in [0.15, 0.2) is 0 Å². The number of carbonyl (C=O) groups is 3. The molecule has 0 saturated carbocycles. The van der Waals surface area contributed by atoms with Crippen LogP contribution in [0.5, 0.6) is 0 Å². The van der Waals surface area contributed by atoms with Gasteiger partial charge in [-0.2, -0.15) is 0 Å². The average Bonchev–Trinajstić information content (AvgIpc) is 2.68. The fourth-order valence-corrected chi connectivity index (χ4v) is 3.76. The van der Waals surface area contributed by atoms with Gasteiger partial charge in [-0.1, -0.05) is 55.7 Å². The van der Waals surface area contributed by atoms with Crippen molar-refractivity contribution < 1.29 is 19.1 Å². The van der Waals surface area contributed by atoms with Crippen molar-refractivity contribution in [2.45, 2.75) is 92.5 Å². The summed E-state index contributed by atoms with van der Waals surface area (Å²) in [7, 11) is 0. The predicted molar refractivity (Wildman–Crippen MR) is 136 cm³/mol. The maximum absolute atomic E-state index is 13.9. The molecule has 0 bridgehead atoms. The third-order valence-electron chi connectivity index (χ3n) is 5.31. The first kappa shape index (κ1) is 29.2. The summed E-state index contributed by atoms with van der Waals surface area (Å²) < 4.78 is 5.41. The highest BCUT2D eigenvalue weighted by Crippen LogP contribution is 2.26. The van der Waals surface area contributed by atoms with Crippen molar-refractivity contribution in [2.24, 2.45) is 5.92 Å². The molecule has 3 amide bonds. The van der Waals surface area contributed by atoms with Gasteiger partial charge in [0.2, 0.25) is 11.8 Å². The van der Waals surface area contributed by atoms with Crippen LogP contribution >= 0.6 is 0 Å². The summed E-state index contributed by atoms with van der Waals surface area (Å²) in [6, 6.07) is 4.01. The van der Waals surface area contributed by atoms with E-state index < -0.39 is 23.8 Å². The summed E-state index contributed by atoms with van der Waals surface area (Å²) in [6.07, 6.45) is 1.58. The quantitative estimate of drug-likeness (QED) is 0.477. The van der Waals surface area contributed by atoms with Crippen LogP contribution in [0.4, 0.5) is 4.79 Å². The highest BCUT2D eigenvalue weighted by molar-refractivity contribution is 5.92. The molecule has 1 aromatic carbocycles. The second-order valence-corrected chi connectivity index (χ2v) is 10.3. The van der Waals surface area contributed by atoms with E-state index in [1.54, 1.807) is 26.8 Å². The third-order valence-corrected chi connectivity index (χ3v) is 5.31. The maximum Gasteiger partial charge on any atom is 0.408 e. The van der Waals surface area contributed by atoms with Crippen LogP contribution in [-0.4, -0.2) is 47.0 Å². The molecule has 2 N–H and O–H groups in total. The first-order chi connectivity index (χ1) is 15.7. The summed E-state index contributed by atoms with van der Waals surface area (Å²) in [5.41, 5.74) is 2.00. The van der Waals surface area contributed by atoms with Crippen molar-refractivity contribution in [3.05, 3.63) is 47.5 Å². The van der Waals surface area contributed by atoms with Crippen molar-refractivity contribution >= 4 is 17.9 Å². The van der Waals surface area contributed by atoms with Crippen LogP contribution in [0.3, 0.4) is 0 Å². The lowest BCUT2D eigenvalue weighted by atomic mass is 9.94. The molecule has 0 heterocycles. The molecule has 190 valence electrons. The Morgan fingerprint density at radius 1 is 1.06 bits per heavy atom. The monoisotopic (exact) mass is 473 g/mol. The lowest BCUT2D eigenvalue weighted by Crippen LogP contribution is -2.55. The van der Waals surface area contributed by atoms with Crippen LogP contribution in [0.1, 0.15) is 77.6 Å². The topological polar surface area (TPSA) is 87.7 Å². The van der Waals surface area contributed by atoms with Gasteiger partial charge in [0.25, 0.3) is 0 Å². The number of alkyl carbamates (subject to hydrolysis) is 1. The lowest BCUT2D eigenvalue weighted by Gasteiger charge is -2.36. The molecule has 7 heteroatoms. The highest BCUT2D eigenvalue weighted by atomic mass is 16.6. The Balaban J connectivity index is 3.52. The van der Waals surface area contributed by atoms with Gasteiger partial charge in [-0.25, -0.2) is 4.79 Å². The summed E-state index contributed by atoms with van der Waals surface area (Å²) in [5.74, 6) is -0.820. The number of rotatable bonds is 10. The van der Waals surface area contributed by atoms with E-state index in [2.05, 4.69) is 17.2 Å². The second-order valence-electron chi connectivity index (χ2n) is 10.3. The number of amides is 3. The van der Waals surface area contributed by atoms with Crippen LogP contribution in [0.25, 0.3) is 0 Å². The minimum absolute atomic E-state index is 0.105. The Bertz CT molecular complexity index is 853. The number of aryl methyl sites for hydroxylation is 2. The van der Waals surface area contributed by atoms with Crippen molar-refractivity contribution in [3.63, 3.8) is 0 Å². The molecule has 7 nitrogen and oxygen atoms in total. The molecule has 0 saturated heterocycles. The normalized spacial score (nSPS) is 14.1. The lowest BCUT2D eigenvalue weighted by molar-refractivity contribution is -0.143. The fraction of sp³-hybridized carbons (Fsp3) is 0.593. The maximum atomic E-state index is 13.9. The molecule has 3 atom stereocenters. The van der Waals surface area contributed by atoms with E-state index >= 15 is 0 Å². The highest BCUT2D eigenvalue weighted by Gasteiger charge is 2.37. The van der Waals surface area contributed by atoms with E-state index in [4.69, 9.17) is 4.74 Å². The second kappa shape index (κ2) is 12.6. The van der Waals surface area contributed by atoms with E-state index in [-0.39, 0.29) is 30.3 Å². The van der Waals surface area contributed by atoms with Crippen molar-refractivity contribution in [1.82, 2.24) is 15.5 Å². The van der Waals surface area contributed by atoms with E-state index in [1.807, 2.05) is 59.7 Å². The Morgan fingerprint density at radius 3 is 2.06 bits per heavy atom. The molecule has 0 aliphatic rings. The molecule has 1 aromatic rings. The zero-order chi connectivity index (χ0) is 26.2. The molecular formula is C27H43N3O4. The first-order valence-corrected chi connectivity index (χ1v) is 12.0. The predicted octanol–water partition coefficient (Wildman–Crippen LogP) is 4.82. The van der Waals surface area contributed by atoms with Gasteiger partial charge < -0.3 is 20.3 Å². The van der Waals surface area contributed by atoms with Crippen LogP contribution in [0.2, 0.25) is 0 Å². The van der Waals surface area contributed by atoms with Gasteiger partial charge in [0.1, 0.15) is 17.7 Å². The molecule has 0 fully saturated rings. The van der Waals surface area contributed by atoms with Gasteiger partial charge in [-0.05, 0) is 59.9 Å². The summed E-state index contributed by atoms with van der Waals surface area (Å²) in [4.78, 5) is 41.4. The van der Waals surface area contributed by atoms with Crippen LogP contribution < -0.4 is 10.6 Å². The van der Waals surface area contributed by atoms with E-state index in [9.17, 15) is 14.4 Å². The zero-order valence-corrected chi connectivity index (χ0v) is 22.3. The van der Waals surface area contributed by atoms with Gasteiger partial charge >= 0.3 is 6.09 Å². The SMILES string of the molecule is C=CCN(C(=O)C(NC(=O)OC(C)(C)C)C(C)CC)C(C(=O)NC(C)C)c1cc(C)cc(C)c1. The number of carbonyl (C=O) groups excluding carboxylic acids is 3. The van der Waals surface area contributed by atoms with E-state index in [1.165, 1.54) is 4.90 Å². The summed E-state index contributed by atoms with van der Waals surface area (Å²) >= 11 is 0. The van der Waals surface area contributed by atoms with Gasteiger partial charge in [-0.3, -0.25) is 9.59 Å². The Hall–Kier alpha value is -2.83. The average molecular weight is 474 g/mol. The van der Waals surface area contributed by atoms with Gasteiger partial charge in [0.05, 0.1) is 0 Å². The largest absolute Gasteiger partial charge is 0.444 e. The Kier molecular flexibility index (Phi) is 10.8. The molecule has 3 unspecified atom stereocenters. The molecule has 0 aromatic heterocycles. The molecular weight excluding hydrogens is 430 g/mol. The zero-order valence-electron chi connectivity index (χ0n) is 22.3. The molecule has 34 heavy (non-hydrogen) atoms. The Morgan fingerprint density at radius 2 is 1.62 bits per heavy atom.